The second kappa shape index (κ2) is 6.40. The Balaban J connectivity index is 3.15. The summed E-state index contributed by atoms with van der Waals surface area (Å²) in [6, 6.07) is -0.175. The summed E-state index contributed by atoms with van der Waals surface area (Å²) in [6.07, 6.45) is 3.83. The number of hydrogen-bond acceptors (Lipinski definition) is 2. The molecular formula is C15H28N2O2. The molecule has 0 radical (unpaired) electrons. The maximum Gasteiger partial charge on any atom is 0.249 e. The first-order chi connectivity index (χ1) is 8.97. The van der Waals surface area contributed by atoms with Gasteiger partial charge in [0.15, 0.2) is 0 Å². The predicted molar refractivity (Wildman–Crippen MR) is 76.8 cm³/mol. The standard InChI is InChI=1S/C15H28N2O2/c1-6-10-12-13(18)16-15(8-3,9-4)14(19)17(12)11(5)7-2/h11-12H,6-10H2,1-5H3,(H,16,18). The largest absolute Gasteiger partial charge is 0.340 e. The average molecular weight is 268 g/mol. The van der Waals surface area contributed by atoms with E-state index in [1.54, 1.807) is 0 Å². The lowest BCUT2D eigenvalue weighted by molar-refractivity contribution is -0.158. The molecule has 1 heterocycles. The van der Waals surface area contributed by atoms with Crippen LogP contribution in [-0.4, -0.2) is 34.3 Å². The van der Waals surface area contributed by atoms with Crippen molar-refractivity contribution in [3.8, 4) is 0 Å². The monoisotopic (exact) mass is 268 g/mol. The lowest BCUT2D eigenvalue weighted by Crippen LogP contribution is -2.71. The number of carbonyl (C=O) groups excluding carboxylic acids is 2. The van der Waals surface area contributed by atoms with Crippen molar-refractivity contribution in [1.29, 1.82) is 0 Å². The molecule has 4 heteroatoms. The second-order valence-electron chi connectivity index (χ2n) is 5.55. The van der Waals surface area contributed by atoms with Crippen LogP contribution >= 0.6 is 0 Å². The van der Waals surface area contributed by atoms with E-state index >= 15 is 0 Å². The van der Waals surface area contributed by atoms with E-state index in [1.165, 1.54) is 0 Å². The summed E-state index contributed by atoms with van der Waals surface area (Å²) in [4.78, 5) is 27.1. The molecule has 0 aromatic carbocycles. The number of nitrogens with one attached hydrogen (secondary N) is 1. The molecule has 1 N–H and O–H groups in total. The van der Waals surface area contributed by atoms with Gasteiger partial charge in [0, 0.05) is 6.04 Å². The van der Waals surface area contributed by atoms with E-state index < -0.39 is 5.54 Å². The van der Waals surface area contributed by atoms with Crippen LogP contribution in [-0.2, 0) is 9.59 Å². The molecule has 0 saturated carbocycles. The third-order valence-corrected chi connectivity index (χ3v) is 4.48. The molecule has 0 aliphatic carbocycles. The molecule has 0 spiro atoms. The fourth-order valence-electron chi connectivity index (χ4n) is 2.86. The van der Waals surface area contributed by atoms with E-state index in [-0.39, 0.29) is 23.9 Å². The Labute approximate surface area is 116 Å². The number of nitrogens with zero attached hydrogens (tertiary/aromatic N) is 1. The topological polar surface area (TPSA) is 49.4 Å². The van der Waals surface area contributed by atoms with Crippen molar-refractivity contribution in [2.75, 3.05) is 0 Å². The summed E-state index contributed by atoms with van der Waals surface area (Å²) < 4.78 is 0. The lowest BCUT2D eigenvalue weighted by Gasteiger charge is -2.48. The molecule has 0 aromatic heterocycles. The van der Waals surface area contributed by atoms with Crippen molar-refractivity contribution < 1.29 is 9.59 Å². The van der Waals surface area contributed by atoms with Gasteiger partial charge in [-0.1, -0.05) is 34.1 Å². The molecule has 2 unspecified atom stereocenters. The highest BCUT2D eigenvalue weighted by Gasteiger charge is 2.49. The molecule has 0 bridgehead atoms. The first-order valence-electron chi connectivity index (χ1n) is 7.62. The van der Waals surface area contributed by atoms with E-state index in [2.05, 4.69) is 12.2 Å². The molecule has 1 rings (SSSR count). The Hall–Kier alpha value is -1.06. The van der Waals surface area contributed by atoms with Crippen LogP contribution < -0.4 is 5.32 Å². The predicted octanol–water partition coefficient (Wildman–Crippen LogP) is 2.47. The van der Waals surface area contributed by atoms with Gasteiger partial charge in [0.25, 0.3) is 0 Å². The second-order valence-corrected chi connectivity index (χ2v) is 5.55. The van der Waals surface area contributed by atoms with Crippen LogP contribution in [0, 0.1) is 0 Å². The van der Waals surface area contributed by atoms with Gasteiger partial charge in [-0.15, -0.1) is 0 Å². The molecule has 4 nitrogen and oxygen atoms in total. The maximum atomic E-state index is 12.9. The van der Waals surface area contributed by atoms with Crippen molar-refractivity contribution in [2.24, 2.45) is 0 Å². The van der Waals surface area contributed by atoms with Gasteiger partial charge in [-0.05, 0) is 32.6 Å². The highest BCUT2D eigenvalue weighted by Crippen LogP contribution is 2.28. The highest BCUT2D eigenvalue weighted by atomic mass is 16.2. The molecule has 2 atom stereocenters. The Morgan fingerprint density at radius 1 is 1.21 bits per heavy atom. The van der Waals surface area contributed by atoms with Crippen LogP contribution in [0.15, 0.2) is 0 Å². The van der Waals surface area contributed by atoms with Crippen molar-refractivity contribution in [3.05, 3.63) is 0 Å². The van der Waals surface area contributed by atoms with E-state index in [4.69, 9.17) is 0 Å². The van der Waals surface area contributed by atoms with Crippen LogP contribution in [0.1, 0.15) is 66.7 Å². The zero-order valence-corrected chi connectivity index (χ0v) is 13.0. The molecule has 1 fully saturated rings. The van der Waals surface area contributed by atoms with Gasteiger partial charge in [-0.3, -0.25) is 9.59 Å². The van der Waals surface area contributed by atoms with E-state index in [1.807, 2.05) is 32.6 Å². The van der Waals surface area contributed by atoms with Gasteiger partial charge >= 0.3 is 0 Å². The Bertz CT molecular complexity index is 337. The zero-order valence-electron chi connectivity index (χ0n) is 13.0. The number of amides is 2. The van der Waals surface area contributed by atoms with E-state index in [0.717, 1.165) is 19.3 Å². The molecule has 0 aromatic rings. The van der Waals surface area contributed by atoms with Gasteiger partial charge in [-0.2, -0.15) is 0 Å². The minimum absolute atomic E-state index is 0.0189. The number of rotatable bonds is 6. The summed E-state index contributed by atoms with van der Waals surface area (Å²) in [5.41, 5.74) is -0.690. The van der Waals surface area contributed by atoms with Crippen LogP contribution in [0.3, 0.4) is 0 Å². The third-order valence-electron chi connectivity index (χ3n) is 4.48. The Morgan fingerprint density at radius 3 is 2.21 bits per heavy atom. The average Bonchev–Trinajstić information content (AvgIpc) is 2.42. The van der Waals surface area contributed by atoms with Crippen molar-refractivity contribution in [1.82, 2.24) is 10.2 Å². The number of hydrogen-bond donors (Lipinski definition) is 1. The zero-order chi connectivity index (χ0) is 14.6. The van der Waals surface area contributed by atoms with Crippen LogP contribution in [0.25, 0.3) is 0 Å². The van der Waals surface area contributed by atoms with Gasteiger partial charge < -0.3 is 10.2 Å². The Morgan fingerprint density at radius 2 is 1.79 bits per heavy atom. The first-order valence-corrected chi connectivity index (χ1v) is 7.62. The molecular weight excluding hydrogens is 240 g/mol. The van der Waals surface area contributed by atoms with Crippen LogP contribution in [0.5, 0.6) is 0 Å². The van der Waals surface area contributed by atoms with Crippen LogP contribution in [0.4, 0.5) is 0 Å². The minimum atomic E-state index is -0.690. The number of carbonyl (C=O) groups is 2. The van der Waals surface area contributed by atoms with Crippen molar-refractivity contribution in [3.63, 3.8) is 0 Å². The summed E-state index contributed by atoms with van der Waals surface area (Å²) in [5, 5.41) is 2.99. The first kappa shape index (κ1) is 16.0. The molecule has 110 valence electrons. The summed E-state index contributed by atoms with van der Waals surface area (Å²) in [5.74, 6) is 0.121. The van der Waals surface area contributed by atoms with E-state index in [9.17, 15) is 9.59 Å². The molecule has 2 amide bonds. The number of piperazine rings is 1. The highest BCUT2D eigenvalue weighted by molar-refractivity contribution is 6.00. The van der Waals surface area contributed by atoms with Gasteiger partial charge in [0.05, 0.1) is 0 Å². The van der Waals surface area contributed by atoms with Crippen molar-refractivity contribution in [2.45, 2.75) is 84.3 Å². The quantitative estimate of drug-likeness (QED) is 0.804. The summed E-state index contributed by atoms with van der Waals surface area (Å²) >= 11 is 0. The smallest absolute Gasteiger partial charge is 0.249 e. The molecule has 19 heavy (non-hydrogen) atoms. The molecule has 1 aliphatic heterocycles. The van der Waals surface area contributed by atoms with Gasteiger partial charge in [-0.25, -0.2) is 0 Å². The lowest BCUT2D eigenvalue weighted by atomic mass is 9.85. The SMILES string of the molecule is CCCC1C(=O)NC(CC)(CC)C(=O)N1C(C)CC. The van der Waals surface area contributed by atoms with E-state index in [0.29, 0.717) is 12.8 Å². The normalized spacial score (nSPS) is 24.3. The fraction of sp³-hybridized carbons (Fsp3) is 0.867. The van der Waals surface area contributed by atoms with Gasteiger partial charge in [0.1, 0.15) is 11.6 Å². The summed E-state index contributed by atoms with van der Waals surface area (Å²) in [6.45, 7) is 10.1. The van der Waals surface area contributed by atoms with Crippen molar-refractivity contribution >= 4 is 11.8 Å². The maximum absolute atomic E-state index is 12.9. The molecule has 1 aliphatic rings. The minimum Gasteiger partial charge on any atom is -0.340 e. The molecule has 1 saturated heterocycles. The van der Waals surface area contributed by atoms with Gasteiger partial charge in [0.2, 0.25) is 11.8 Å². The fourth-order valence-corrected chi connectivity index (χ4v) is 2.86. The Kier molecular flexibility index (Phi) is 5.39. The third kappa shape index (κ3) is 2.77. The summed E-state index contributed by atoms with van der Waals surface area (Å²) in [7, 11) is 0. The van der Waals surface area contributed by atoms with Crippen LogP contribution in [0.2, 0.25) is 0 Å².